The predicted octanol–water partition coefficient (Wildman–Crippen LogP) is 3.46. The number of fused-ring (bicyclic) bond motifs is 2. The molecule has 3 aromatic heterocycles. The second kappa shape index (κ2) is 7.82. The summed E-state index contributed by atoms with van der Waals surface area (Å²) in [5.74, 6) is -1.68. The molecule has 172 valence electrons. The van der Waals surface area contributed by atoms with E-state index in [0.717, 1.165) is 17.0 Å². The van der Waals surface area contributed by atoms with Gasteiger partial charge in [0.1, 0.15) is 11.8 Å². The Bertz CT molecular complexity index is 1320. The van der Waals surface area contributed by atoms with Crippen LogP contribution in [0.4, 0.5) is 13.2 Å². The molecule has 33 heavy (non-hydrogen) atoms. The third-order valence-corrected chi connectivity index (χ3v) is 5.85. The van der Waals surface area contributed by atoms with Crippen LogP contribution >= 0.6 is 0 Å². The molecule has 2 bridgehead atoms. The number of aromatic nitrogens is 5. The Balaban J connectivity index is 1.51. The molecule has 1 aliphatic carbocycles. The fourth-order valence-corrected chi connectivity index (χ4v) is 4.33. The van der Waals surface area contributed by atoms with Gasteiger partial charge < -0.3 is 9.64 Å². The van der Waals surface area contributed by atoms with Gasteiger partial charge in [0.2, 0.25) is 5.88 Å². The van der Waals surface area contributed by atoms with Crippen molar-refractivity contribution in [2.75, 3.05) is 0 Å². The van der Waals surface area contributed by atoms with Crippen LogP contribution in [-0.4, -0.2) is 53.9 Å². The summed E-state index contributed by atoms with van der Waals surface area (Å²) < 4.78 is 77.9. The summed E-state index contributed by atoms with van der Waals surface area (Å²) in [7, 11) is 0. The maximum atomic E-state index is 13.9. The Labute approximate surface area is 193 Å². The molecule has 1 saturated heterocycles. The third kappa shape index (κ3) is 3.81. The first-order valence-corrected chi connectivity index (χ1v) is 10.2. The fourth-order valence-electron chi connectivity index (χ4n) is 4.33. The highest BCUT2D eigenvalue weighted by molar-refractivity contribution is 5.96. The molecule has 0 N–H and O–H groups in total. The second-order valence-electron chi connectivity index (χ2n) is 7.97. The van der Waals surface area contributed by atoms with Crippen LogP contribution in [0.5, 0.6) is 5.88 Å². The molecular formula is C22H21F3N6O2. The van der Waals surface area contributed by atoms with E-state index in [-0.39, 0.29) is 30.1 Å². The van der Waals surface area contributed by atoms with E-state index >= 15 is 0 Å². The van der Waals surface area contributed by atoms with E-state index in [1.54, 1.807) is 19.1 Å². The maximum absolute atomic E-state index is 13.9. The molecule has 8 nitrogen and oxygen atoms in total. The monoisotopic (exact) mass is 462 g/mol. The summed E-state index contributed by atoms with van der Waals surface area (Å²) in [6.45, 7) is -1.19. The number of hydrogen-bond acceptors (Lipinski definition) is 6. The zero-order valence-corrected chi connectivity index (χ0v) is 17.3. The number of carbonyl (C=O) groups is 1. The number of carbonyl (C=O) groups excluding carboxylic acids is 1. The molecule has 0 spiro atoms. The van der Waals surface area contributed by atoms with Crippen molar-refractivity contribution in [3.63, 3.8) is 0 Å². The van der Waals surface area contributed by atoms with Gasteiger partial charge in [0, 0.05) is 28.1 Å². The van der Waals surface area contributed by atoms with Gasteiger partial charge in [-0.05, 0) is 50.7 Å². The first kappa shape index (κ1) is 17.0. The van der Waals surface area contributed by atoms with E-state index in [4.69, 9.17) is 10.2 Å². The Kier molecular flexibility index (Phi) is 4.04. The number of hydrogen-bond donors (Lipinski definition) is 0. The van der Waals surface area contributed by atoms with Crippen LogP contribution in [0.3, 0.4) is 0 Å². The van der Waals surface area contributed by atoms with Crippen LogP contribution in [-0.2, 0) is 6.18 Å². The molecule has 0 unspecified atom stereocenters. The predicted molar refractivity (Wildman–Crippen MR) is 110 cm³/mol. The highest BCUT2D eigenvalue weighted by atomic mass is 19.4. The van der Waals surface area contributed by atoms with Crippen molar-refractivity contribution in [2.45, 2.75) is 51.0 Å². The summed E-state index contributed by atoms with van der Waals surface area (Å²) in [5.41, 5.74) is -0.383. The van der Waals surface area contributed by atoms with Gasteiger partial charge in [-0.1, -0.05) is 0 Å². The smallest absolute Gasteiger partial charge is 0.417 e. The van der Waals surface area contributed by atoms with Crippen LogP contribution < -0.4 is 4.74 Å². The Morgan fingerprint density at radius 1 is 1.21 bits per heavy atom. The van der Waals surface area contributed by atoms with Gasteiger partial charge >= 0.3 is 6.18 Å². The standard InChI is InChI=1S/C22H21F3N6O2/c1-12-3-5-16(31-27-7-8-28-31)20(29-12)21(32)30-13(2)14-9-17(30)18(10-14)33-19-6-4-15(11-26-19)22(23,24)25/h3-8,11,13-14,17-18H,9-10H2,1-2H3/t13-,14+,17-,18+/m0/s1/i2D3,13D. The van der Waals surface area contributed by atoms with Crippen molar-refractivity contribution < 1.29 is 28.2 Å². The van der Waals surface area contributed by atoms with Crippen molar-refractivity contribution in [3.8, 4) is 11.6 Å². The van der Waals surface area contributed by atoms with Crippen molar-refractivity contribution in [2.24, 2.45) is 5.92 Å². The minimum Gasteiger partial charge on any atom is -0.472 e. The van der Waals surface area contributed by atoms with E-state index < -0.39 is 48.6 Å². The van der Waals surface area contributed by atoms with Gasteiger partial charge in [-0.15, -0.1) is 4.80 Å². The van der Waals surface area contributed by atoms with Gasteiger partial charge in [0.15, 0.2) is 5.69 Å². The van der Waals surface area contributed by atoms with Crippen molar-refractivity contribution in [1.29, 1.82) is 0 Å². The number of ether oxygens (including phenoxy) is 1. The minimum absolute atomic E-state index is 0.0995. The topological polar surface area (TPSA) is 86.0 Å². The third-order valence-electron chi connectivity index (χ3n) is 5.85. The highest BCUT2D eigenvalue weighted by Crippen LogP contribution is 2.44. The number of halogens is 3. The number of rotatable bonds is 4. The van der Waals surface area contributed by atoms with Gasteiger partial charge in [0.25, 0.3) is 5.91 Å². The van der Waals surface area contributed by atoms with Crippen molar-refractivity contribution in [1.82, 2.24) is 29.9 Å². The molecule has 1 aliphatic heterocycles. The molecule has 0 aromatic carbocycles. The quantitative estimate of drug-likeness (QED) is 0.590. The molecular weight excluding hydrogens is 437 g/mol. The van der Waals surface area contributed by atoms with E-state index in [1.807, 2.05) is 0 Å². The van der Waals surface area contributed by atoms with Crippen LogP contribution in [0, 0.1) is 12.8 Å². The number of alkyl halides is 3. The number of piperidine rings is 1. The maximum Gasteiger partial charge on any atom is 0.417 e. The number of nitrogens with zero attached hydrogens (tertiary/aromatic N) is 6. The van der Waals surface area contributed by atoms with Crippen LogP contribution in [0.2, 0.25) is 0 Å². The molecule has 1 saturated carbocycles. The SMILES string of the molecule is [2H]C([2H])([2H])[C@@]1([2H])[C@H]2C[C@@H](Oc3ccc(C(F)(F)F)cn3)[C@H](C2)N1C(=O)c1nc(C)ccc1-n1nccn1. The first-order valence-electron chi connectivity index (χ1n) is 12.2. The number of aryl methyl sites for hydroxylation is 1. The summed E-state index contributed by atoms with van der Waals surface area (Å²) in [5, 5.41) is 8.08. The summed E-state index contributed by atoms with van der Waals surface area (Å²) in [4.78, 5) is 24.2. The van der Waals surface area contributed by atoms with E-state index in [0.29, 0.717) is 11.9 Å². The van der Waals surface area contributed by atoms with Gasteiger partial charge in [0.05, 0.1) is 25.4 Å². The lowest BCUT2D eigenvalue weighted by Gasteiger charge is -2.37. The summed E-state index contributed by atoms with van der Waals surface area (Å²) >= 11 is 0. The molecule has 0 radical (unpaired) electrons. The fraction of sp³-hybridized carbons (Fsp3) is 0.409. The van der Waals surface area contributed by atoms with Gasteiger partial charge in [-0.25, -0.2) is 9.97 Å². The molecule has 4 heterocycles. The van der Waals surface area contributed by atoms with Gasteiger partial charge in [-0.3, -0.25) is 4.79 Å². The van der Waals surface area contributed by atoms with E-state index in [1.165, 1.54) is 17.2 Å². The average molecular weight is 462 g/mol. The van der Waals surface area contributed by atoms with Crippen LogP contribution in [0.15, 0.2) is 42.9 Å². The van der Waals surface area contributed by atoms with Crippen LogP contribution in [0.1, 0.15) is 46.9 Å². The molecule has 2 fully saturated rings. The van der Waals surface area contributed by atoms with Crippen LogP contribution in [0.25, 0.3) is 5.69 Å². The molecule has 3 aromatic rings. The van der Waals surface area contributed by atoms with E-state index in [9.17, 15) is 18.0 Å². The molecule has 4 atom stereocenters. The number of likely N-dealkylation sites (tertiary alicyclic amines) is 1. The van der Waals surface area contributed by atoms with Gasteiger partial charge in [-0.2, -0.15) is 23.4 Å². The number of amides is 1. The minimum atomic E-state index is -4.56. The lowest BCUT2D eigenvalue weighted by Crippen LogP contribution is -2.51. The Morgan fingerprint density at radius 2 is 2.00 bits per heavy atom. The van der Waals surface area contributed by atoms with Crippen molar-refractivity contribution in [3.05, 3.63) is 59.8 Å². The lowest BCUT2D eigenvalue weighted by molar-refractivity contribution is -0.137. The largest absolute Gasteiger partial charge is 0.472 e. The van der Waals surface area contributed by atoms with Crippen molar-refractivity contribution >= 4 is 5.91 Å². The lowest BCUT2D eigenvalue weighted by atomic mass is 9.98. The average Bonchev–Trinajstić information content (AvgIpc) is 3.54. The summed E-state index contributed by atoms with van der Waals surface area (Å²) in [6, 6.07) is 2.01. The Hall–Kier alpha value is -3.50. The molecule has 5 rings (SSSR count). The molecule has 11 heteroatoms. The first-order chi connectivity index (χ1) is 17.3. The summed E-state index contributed by atoms with van der Waals surface area (Å²) in [6.07, 6.45) is -1.60. The second-order valence-corrected chi connectivity index (χ2v) is 7.97. The number of pyridine rings is 2. The highest BCUT2D eigenvalue weighted by Gasteiger charge is 2.53. The zero-order chi connectivity index (χ0) is 26.8. The normalized spacial score (nSPS) is 28.7. The Morgan fingerprint density at radius 3 is 2.67 bits per heavy atom. The molecule has 1 amide bonds. The molecule has 2 aliphatic rings. The van der Waals surface area contributed by atoms with E-state index in [2.05, 4.69) is 20.2 Å². The zero-order valence-electron chi connectivity index (χ0n) is 21.3.